The third-order valence-electron chi connectivity index (χ3n) is 4.29. The summed E-state index contributed by atoms with van der Waals surface area (Å²) in [5, 5.41) is 6.15. The van der Waals surface area contributed by atoms with E-state index in [2.05, 4.69) is 88.7 Å². The van der Waals surface area contributed by atoms with E-state index in [1.54, 1.807) is 0 Å². The van der Waals surface area contributed by atoms with E-state index in [9.17, 15) is 0 Å². The van der Waals surface area contributed by atoms with E-state index >= 15 is 0 Å². The van der Waals surface area contributed by atoms with Crippen LogP contribution in [-0.4, -0.2) is 5.33 Å². The monoisotopic (exact) mass is 359 g/mol. The van der Waals surface area contributed by atoms with Gasteiger partial charge in [0, 0.05) is 5.33 Å². The van der Waals surface area contributed by atoms with Gasteiger partial charge >= 0.3 is 0 Å². The molecule has 23 heavy (non-hydrogen) atoms. The Morgan fingerprint density at radius 3 is 2.09 bits per heavy atom. The lowest BCUT2D eigenvalue weighted by atomic mass is 9.91. The van der Waals surface area contributed by atoms with E-state index in [-0.39, 0.29) is 0 Å². The topological polar surface area (TPSA) is 0 Å². The van der Waals surface area contributed by atoms with Crippen LogP contribution >= 0.6 is 15.9 Å². The Balaban J connectivity index is 2.08. The summed E-state index contributed by atoms with van der Waals surface area (Å²) in [6.07, 6.45) is 0.997. The zero-order chi connectivity index (χ0) is 15.6. The molecule has 4 aromatic rings. The Kier molecular flexibility index (Phi) is 3.88. The molecule has 0 aliphatic rings. The van der Waals surface area contributed by atoms with Crippen molar-refractivity contribution in [1.82, 2.24) is 0 Å². The highest BCUT2D eigenvalue weighted by atomic mass is 79.9. The van der Waals surface area contributed by atoms with Crippen molar-refractivity contribution in [3.05, 3.63) is 84.4 Å². The van der Waals surface area contributed by atoms with E-state index in [1.165, 1.54) is 38.2 Å². The maximum absolute atomic E-state index is 3.53. The molecule has 0 aliphatic heterocycles. The second-order valence-corrected chi connectivity index (χ2v) is 6.53. The van der Waals surface area contributed by atoms with Gasteiger partial charge in [0.15, 0.2) is 0 Å². The van der Waals surface area contributed by atoms with Gasteiger partial charge in [-0.05, 0) is 56.8 Å². The number of hydrogen-bond donors (Lipinski definition) is 0. The quantitative estimate of drug-likeness (QED) is 0.293. The van der Waals surface area contributed by atoms with Crippen molar-refractivity contribution in [1.29, 1.82) is 0 Å². The van der Waals surface area contributed by atoms with Crippen molar-refractivity contribution in [2.24, 2.45) is 0 Å². The summed E-state index contributed by atoms with van der Waals surface area (Å²) in [6, 6.07) is 29.4. The van der Waals surface area contributed by atoms with Crippen molar-refractivity contribution in [2.75, 3.05) is 5.33 Å². The van der Waals surface area contributed by atoms with Crippen LogP contribution in [0.3, 0.4) is 0 Å². The molecule has 0 unspecified atom stereocenters. The first-order valence-corrected chi connectivity index (χ1v) is 8.96. The van der Waals surface area contributed by atoms with Crippen molar-refractivity contribution >= 4 is 37.5 Å². The van der Waals surface area contributed by atoms with Gasteiger partial charge in [-0.1, -0.05) is 82.7 Å². The molecule has 0 atom stereocenters. The Morgan fingerprint density at radius 2 is 1.43 bits per heavy atom. The lowest BCUT2D eigenvalue weighted by Crippen LogP contribution is -1.89. The fourth-order valence-corrected chi connectivity index (χ4v) is 3.67. The molecule has 0 bridgehead atoms. The summed E-state index contributed by atoms with van der Waals surface area (Å²) in [5.74, 6) is 0. The number of halogens is 1. The average Bonchev–Trinajstić information content (AvgIpc) is 2.60. The molecule has 0 saturated carbocycles. The molecule has 4 aromatic carbocycles. The van der Waals surface area contributed by atoms with Gasteiger partial charge in [0.2, 0.25) is 0 Å². The lowest BCUT2D eigenvalue weighted by Gasteiger charge is -2.13. The third-order valence-corrected chi connectivity index (χ3v) is 4.68. The summed E-state index contributed by atoms with van der Waals surface area (Å²) >= 11 is 3.53. The molecule has 0 heterocycles. The largest absolute Gasteiger partial charge is 0.0924 e. The van der Waals surface area contributed by atoms with Gasteiger partial charge in [0.25, 0.3) is 0 Å². The molecule has 111 valence electrons. The molecule has 4 rings (SSSR count). The van der Waals surface area contributed by atoms with Gasteiger partial charge in [-0.15, -0.1) is 0 Å². The predicted molar refractivity (Wildman–Crippen MR) is 103 cm³/mol. The second-order valence-electron chi connectivity index (χ2n) is 5.74. The van der Waals surface area contributed by atoms with Crippen LogP contribution in [0.1, 0.15) is 5.56 Å². The number of fused-ring (bicyclic) bond motifs is 2. The Bertz CT molecular complexity index is 931. The van der Waals surface area contributed by atoms with Gasteiger partial charge < -0.3 is 0 Å². The van der Waals surface area contributed by atoms with Crippen LogP contribution < -0.4 is 0 Å². The molecule has 0 saturated heterocycles. The van der Waals surface area contributed by atoms with Crippen molar-refractivity contribution in [3.8, 4) is 11.1 Å². The molecule has 0 aromatic heterocycles. The van der Waals surface area contributed by atoms with Crippen LogP contribution in [-0.2, 0) is 6.42 Å². The number of alkyl halides is 1. The first-order valence-electron chi connectivity index (χ1n) is 7.84. The van der Waals surface area contributed by atoms with Crippen LogP contribution in [0, 0.1) is 6.07 Å². The van der Waals surface area contributed by atoms with Gasteiger partial charge in [-0.2, -0.15) is 0 Å². The molecule has 0 spiro atoms. The molecular formula is C22H16Br. The third kappa shape index (κ3) is 2.66. The molecule has 0 nitrogen and oxygen atoms in total. The number of hydrogen-bond acceptors (Lipinski definition) is 0. The molecular weight excluding hydrogens is 344 g/mol. The molecule has 0 N–H and O–H groups in total. The molecule has 0 aliphatic carbocycles. The van der Waals surface area contributed by atoms with E-state index in [0.717, 1.165) is 11.8 Å². The minimum absolute atomic E-state index is 0.962. The maximum atomic E-state index is 3.53. The normalized spacial score (nSPS) is 11.2. The highest BCUT2D eigenvalue weighted by Crippen LogP contribution is 2.36. The minimum Gasteiger partial charge on any atom is -0.0924 e. The van der Waals surface area contributed by atoms with Gasteiger partial charge in [0.05, 0.1) is 0 Å². The summed E-state index contributed by atoms with van der Waals surface area (Å²) < 4.78 is 0. The van der Waals surface area contributed by atoms with Gasteiger partial charge in [0.1, 0.15) is 0 Å². The summed E-state index contributed by atoms with van der Waals surface area (Å²) in [4.78, 5) is 0. The van der Waals surface area contributed by atoms with Crippen LogP contribution in [0.25, 0.3) is 32.7 Å². The second kappa shape index (κ2) is 6.17. The zero-order valence-electron chi connectivity index (χ0n) is 12.7. The first kappa shape index (κ1) is 14.5. The van der Waals surface area contributed by atoms with Crippen LogP contribution in [0.15, 0.2) is 72.8 Å². The van der Waals surface area contributed by atoms with E-state index < -0.39 is 0 Å². The van der Waals surface area contributed by atoms with Gasteiger partial charge in [-0.3, -0.25) is 0 Å². The van der Waals surface area contributed by atoms with Crippen LogP contribution in [0.2, 0.25) is 0 Å². The molecule has 1 heteroatoms. The summed E-state index contributed by atoms with van der Waals surface area (Å²) in [7, 11) is 0. The highest BCUT2D eigenvalue weighted by molar-refractivity contribution is 9.09. The fourth-order valence-electron chi connectivity index (χ4n) is 3.24. The highest BCUT2D eigenvalue weighted by Gasteiger charge is 2.10. The van der Waals surface area contributed by atoms with Crippen molar-refractivity contribution in [3.63, 3.8) is 0 Å². The Labute approximate surface area is 144 Å². The fraction of sp³-hybridized carbons (Fsp3) is 0.0909. The number of rotatable bonds is 3. The predicted octanol–water partition coefficient (Wildman–Crippen LogP) is 6.40. The Hall–Kier alpha value is -2.12. The van der Waals surface area contributed by atoms with E-state index in [0.29, 0.717) is 0 Å². The van der Waals surface area contributed by atoms with Gasteiger partial charge in [-0.25, -0.2) is 0 Å². The number of benzene rings is 4. The van der Waals surface area contributed by atoms with E-state index in [4.69, 9.17) is 0 Å². The molecule has 0 fully saturated rings. The summed E-state index contributed by atoms with van der Waals surface area (Å²) in [5.41, 5.74) is 3.84. The van der Waals surface area contributed by atoms with Crippen molar-refractivity contribution < 1.29 is 0 Å². The average molecular weight is 360 g/mol. The maximum Gasteiger partial charge on any atom is 0.00720 e. The lowest BCUT2D eigenvalue weighted by molar-refractivity contribution is 1.17. The van der Waals surface area contributed by atoms with Crippen molar-refractivity contribution in [2.45, 2.75) is 6.42 Å². The Morgan fingerprint density at radius 1 is 0.783 bits per heavy atom. The first-order chi connectivity index (χ1) is 11.4. The van der Waals surface area contributed by atoms with Crippen LogP contribution in [0.5, 0.6) is 0 Å². The SMILES string of the molecule is BrCCc1[c]ccc(-c2c3ccccc3cc3ccccc23)c1. The molecule has 1 radical (unpaired) electrons. The number of aryl methyl sites for hydroxylation is 1. The zero-order valence-corrected chi connectivity index (χ0v) is 14.3. The summed E-state index contributed by atoms with van der Waals surface area (Å²) in [6.45, 7) is 0. The minimum atomic E-state index is 0.962. The molecule has 0 amide bonds. The van der Waals surface area contributed by atoms with E-state index in [1.807, 2.05) is 6.07 Å². The van der Waals surface area contributed by atoms with Crippen LogP contribution in [0.4, 0.5) is 0 Å². The standard InChI is InChI=1S/C22H16Br/c23-13-12-16-6-5-9-19(14-16)22-20-10-3-1-7-17(20)15-18-8-2-4-11-21(18)22/h1-5,7-11,14-15H,12-13H2. The smallest absolute Gasteiger partial charge is 0.00720 e.